The van der Waals surface area contributed by atoms with Gasteiger partial charge in [-0.1, -0.05) is 6.92 Å². The first kappa shape index (κ1) is 6.75. The van der Waals surface area contributed by atoms with Crippen molar-refractivity contribution < 1.29 is 4.79 Å². The summed E-state index contributed by atoms with van der Waals surface area (Å²) >= 11 is 0. The van der Waals surface area contributed by atoms with E-state index in [1.165, 1.54) is 0 Å². The first-order valence-electron chi connectivity index (χ1n) is 3.50. The van der Waals surface area contributed by atoms with Gasteiger partial charge in [0, 0.05) is 6.42 Å². The van der Waals surface area contributed by atoms with E-state index < -0.39 is 0 Å². The van der Waals surface area contributed by atoms with Crippen molar-refractivity contribution in [2.24, 2.45) is 11.7 Å². The first-order valence-corrected chi connectivity index (χ1v) is 3.50. The van der Waals surface area contributed by atoms with Crippen LogP contribution >= 0.6 is 0 Å². The van der Waals surface area contributed by atoms with Gasteiger partial charge in [-0.05, 0) is 18.8 Å². The smallest absolute Gasteiger partial charge is 0.149 e. The van der Waals surface area contributed by atoms with Crippen LogP contribution in [-0.4, -0.2) is 11.8 Å². The van der Waals surface area contributed by atoms with Crippen molar-refractivity contribution in [2.75, 3.05) is 0 Å². The Labute approximate surface area is 55.4 Å². The van der Waals surface area contributed by atoms with Crippen molar-refractivity contribution in [3.8, 4) is 0 Å². The minimum absolute atomic E-state index is 0.168. The number of rotatable bonds is 0. The topological polar surface area (TPSA) is 43.1 Å². The third-order valence-electron chi connectivity index (χ3n) is 2.07. The van der Waals surface area contributed by atoms with Gasteiger partial charge < -0.3 is 5.73 Å². The summed E-state index contributed by atoms with van der Waals surface area (Å²) in [7, 11) is 0. The molecule has 9 heavy (non-hydrogen) atoms. The largest absolute Gasteiger partial charge is 0.321 e. The summed E-state index contributed by atoms with van der Waals surface area (Å²) in [6.45, 7) is 2.04. The Morgan fingerprint density at radius 2 is 2.33 bits per heavy atom. The molecule has 1 saturated carbocycles. The molecule has 0 spiro atoms. The Balaban J connectivity index is 2.51. The van der Waals surface area contributed by atoms with Gasteiger partial charge in [-0.3, -0.25) is 4.79 Å². The minimum atomic E-state index is -0.168. The standard InChI is InChI=1S/C7H13NO/c1-5-3-2-4-6(9)7(5)8/h5,7H,2-4,8H2,1H3. The molecule has 1 aliphatic carbocycles. The van der Waals surface area contributed by atoms with E-state index in [1.54, 1.807) is 0 Å². The zero-order chi connectivity index (χ0) is 6.85. The maximum absolute atomic E-state index is 10.9. The second-order valence-corrected chi connectivity index (χ2v) is 2.86. The molecule has 2 atom stereocenters. The van der Waals surface area contributed by atoms with Crippen LogP contribution < -0.4 is 5.73 Å². The van der Waals surface area contributed by atoms with Crippen molar-refractivity contribution in [3.05, 3.63) is 0 Å². The van der Waals surface area contributed by atoms with Crippen molar-refractivity contribution in [2.45, 2.75) is 32.2 Å². The average molecular weight is 127 g/mol. The molecule has 1 aliphatic rings. The van der Waals surface area contributed by atoms with Gasteiger partial charge >= 0.3 is 0 Å². The van der Waals surface area contributed by atoms with Crippen LogP contribution in [-0.2, 0) is 4.79 Å². The van der Waals surface area contributed by atoms with E-state index in [4.69, 9.17) is 5.73 Å². The molecule has 0 amide bonds. The molecular weight excluding hydrogens is 114 g/mol. The maximum Gasteiger partial charge on any atom is 0.149 e. The van der Waals surface area contributed by atoms with Crippen LogP contribution in [0.2, 0.25) is 0 Å². The molecule has 2 unspecified atom stereocenters. The monoisotopic (exact) mass is 127 g/mol. The summed E-state index contributed by atoms with van der Waals surface area (Å²) in [5.41, 5.74) is 5.57. The first-order chi connectivity index (χ1) is 4.22. The number of hydrogen-bond acceptors (Lipinski definition) is 2. The van der Waals surface area contributed by atoms with Crippen LogP contribution in [0.1, 0.15) is 26.2 Å². The lowest BCUT2D eigenvalue weighted by Gasteiger charge is -2.23. The second-order valence-electron chi connectivity index (χ2n) is 2.86. The highest BCUT2D eigenvalue weighted by molar-refractivity contribution is 5.84. The van der Waals surface area contributed by atoms with Gasteiger partial charge in [-0.25, -0.2) is 0 Å². The Morgan fingerprint density at radius 3 is 2.78 bits per heavy atom. The average Bonchev–Trinajstić information content (AvgIpc) is 1.83. The second kappa shape index (κ2) is 2.48. The number of Topliss-reactive ketones (excluding diaryl/α,β-unsaturated/α-hetero) is 1. The summed E-state index contributed by atoms with van der Waals surface area (Å²) in [5.74, 6) is 0.653. The zero-order valence-electron chi connectivity index (χ0n) is 5.76. The molecule has 0 aromatic heterocycles. The Bertz CT molecular complexity index is 122. The van der Waals surface area contributed by atoms with Crippen molar-refractivity contribution >= 4 is 5.78 Å². The highest BCUT2D eigenvalue weighted by atomic mass is 16.1. The summed E-state index contributed by atoms with van der Waals surface area (Å²) in [5, 5.41) is 0. The van der Waals surface area contributed by atoms with Gasteiger partial charge in [0.05, 0.1) is 6.04 Å². The van der Waals surface area contributed by atoms with E-state index >= 15 is 0 Å². The molecule has 0 aromatic rings. The molecule has 2 heteroatoms. The van der Waals surface area contributed by atoms with Crippen molar-refractivity contribution in [1.82, 2.24) is 0 Å². The zero-order valence-corrected chi connectivity index (χ0v) is 5.76. The van der Waals surface area contributed by atoms with E-state index in [2.05, 4.69) is 0 Å². The predicted molar refractivity (Wildman–Crippen MR) is 36.0 cm³/mol. The summed E-state index contributed by atoms with van der Waals surface area (Å²) in [4.78, 5) is 10.9. The van der Waals surface area contributed by atoms with Gasteiger partial charge in [-0.2, -0.15) is 0 Å². The van der Waals surface area contributed by atoms with Gasteiger partial charge in [0.25, 0.3) is 0 Å². The highest BCUT2D eigenvalue weighted by Gasteiger charge is 2.24. The SMILES string of the molecule is CC1CCCC(=O)C1N. The fourth-order valence-corrected chi connectivity index (χ4v) is 1.26. The van der Waals surface area contributed by atoms with Crippen LogP contribution in [0.15, 0.2) is 0 Å². The summed E-state index contributed by atoms with van der Waals surface area (Å²) in [6.07, 6.45) is 2.85. The number of ketones is 1. The molecule has 0 aliphatic heterocycles. The van der Waals surface area contributed by atoms with E-state index in [0.29, 0.717) is 12.3 Å². The quantitative estimate of drug-likeness (QED) is 0.520. The van der Waals surface area contributed by atoms with Crippen molar-refractivity contribution in [1.29, 1.82) is 0 Å². The van der Waals surface area contributed by atoms with Crippen LogP contribution in [0.3, 0.4) is 0 Å². The van der Waals surface area contributed by atoms with E-state index in [0.717, 1.165) is 12.8 Å². The van der Waals surface area contributed by atoms with E-state index in [9.17, 15) is 4.79 Å². The molecule has 2 nitrogen and oxygen atoms in total. The Kier molecular flexibility index (Phi) is 1.86. The normalized spacial score (nSPS) is 36.9. The fraction of sp³-hybridized carbons (Fsp3) is 0.857. The number of hydrogen-bond donors (Lipinski definition) is 1. The molecule has 2 N–H and O–H groups in total. The Morgan fingerprint density at radius 1 is 1.67 bits per heavy atom. The van der Waals surface area contributed by atoms with Gasteiger partial charge in [0.1, 0.15) is 5.78 Å². The third kappa shape index (κ3) is 1.30. The van der Waals surface area contributed by atoms with E-state index in [1.807, 2.05) is 6.92 Å². The molecule has 1 fully saturated rings. The highest BCUT2D eigenvalue weighted by Crippen LogP contribution is 2.18. The lowest BCUT2D eigenvalue weighted by atomic mass is 9.86. The molecule has 0 bridgehead atoms. The molecule has 0 aromatic carbocycles. The lowest BCUT2D eigenvalue weighted by molar-refractivity contribution is -0.122. The van der Waals surface area contributed by atoms with Crippen LogP contribution in [0.5, 0.6) is 0 Å². The van der Waals surface area contributed by atoms with Crippen molar-refractivity contribution in [3.63, 3.8) is 0 Å². The number of carbonyl (C=O) groups is 1. The van der Waals surface area contributed by atoms with Crippen LogP contribution in [0.4, 0.5) is 0 Å². The van der Waals surface area contributed by atoms with Gasteiger partial charge in [0.2, 0.25) is 0 Å². The minimum Gasteiger partial charge on any atom is -0.321 e. The lowest BCUT2D eigenvalue weighted by Crippen LogP contribution is -2.39. The summed E-state index contributed by atoms with van der Waals surface area (Å²) < 4.78 is 0. The van der Waals surface area contributed by atoms with Gasteiger partial charge in [0.15, 0.2) is 0 Å². The Hall–Kier alpha value is -0.370. The molecule has 1 rings (SSSR count). The molecule has 0 saturated heterocycles. The molecular formula is C7H13NO. The number of carbonyl (C=O) groups excluding carboxylic acids is 1. The van der Waals surface area contributed by atoms with E-state index in [-0.39, 0.29) is 11.8 Å². The van der Waals surface area contributed by atoms with Gasteiger partial charge in [-0.15, -0.1) is 0 Å². The third-order valence-corrected chi connectivity index (χ3v) is 2.07. The molecule has 0 heterocycles. The molecule has 0 radical (unpaired) electrons. The summed E-state index contributed by atoms with van der Waals surface area (Å²) in [6, 6.07) is -0.168. The molecule has 52 valence electrons. The predicted octanol–water partition coefficient (Wildman–Crippen LogP) is 0.703. The van der Waals surface area contributed by atoms with Crippen LogP contribution in [0.25, 0.3) is 0 Å². The fourth-order valence-electron chi connectivity index (χ4n) is 1.26. The van der Waals surface area contributed by atoms with Crippen LogP contribution in [0, 0.1) is 5.92 Å². The number of nitrogens with two attached hydrogens (primary N) is 1. The maximum atomic E-state index is 10.9.